The van der Waals surface area contributed by atoms with Gasteiger partial charge >= 0.3 is 0 Å². The molecule has 0 unspecified atom stereocenters. The molecular formula is C60H37N3S. The van der Waals surface area contributed by atoms with Crippen LogP contribution in [0, 0.1) is 0 Å². The maximum absolute atomic E-state index is 5.07. The van der Waals surface area contributed by atoms with Gasteiger partial charge in [-0.15, -0.1) is 11.3 Å². The molecule has 0 bridgehead atoms. The third kappa shape index (κ3) is 5.77. The molecule has 0 atom stereocenters. The zero-order valence-corrected chi connectivity index (χ0v) is 35.4. The van der Waals surface area contributed by atoms with E-state index in [0.29, 0.717) is 17.5 Å². The number of nitrogens with zero attached hydrogens (tertiary/aromatic N) is 3. The van der Waals surface area contributed by atoms with E-state index in [4.69, 9.17) is 15.0 Å². The third-order valence-corrected chi connectivity index (χ3v) is 14.3. The van der Waals surface area contributed by atoms with Gasteiger partial charge in [-0.2, -0.15) is 0 Å². The van der Waals surface area contributed by atoms with Gasteiger partial charge in [-0.05, 0) is 96.4 Å². The Kier molecular flexibility index (Phi) is 8.30. The van der Waals surface area contributed by atoms with Crippen molar-refractivity contribution in [3.05, 3.63) is 247 Å². The first-order valence-corrected chi connectivity index (χ1v) is 22.6. The van der Waals surface area contributed by atoms with E-state index in [9.17, 15) is 0 Å². The van der Waals surface area contributed by atoms with Crippen LogP contribution >= 0.6 is 11.3 Å². The molecule has 0 saturated carbocycles. The molecule has 3 nitrogen and oxygen atoms in total. The Hall–Kier alpha value is -8.05. The van der Waals surface area contributed by atoms with Crippen molar-refractivity contribution < 1.29 is 0 Å². The number of thiophene rings is 1. The van der Waals surface area contributed by atoms with Crippen LogP contribution in [0.5, 0.6) is 0 Å². The van der Waals surface area contributed by atoms with Crippen molar-refractivity contribution in [3.8, 4) is 56.4 Å². The fourth-order valence-corrected chi connectivity index (χ4v) is 11.3. The molecule has 0 radical (unpaired) electrons. The van der Waals surface area contributed by atoms with Crippen LogP contribution in [0.15, 0.2) is 224 Å². The first-order chi connectivity index (χ1) is 31.7. The lowest BCUT2D eigenvalue weighted by Gasteiger charge is -2.33. The molecule has 1 aliphatic carbocycles. The van der Waals surface area contributed by atoms with E-state index >= 15 is 0 Å². The Morgan fingerprint density at radius 3 is 1.42 bits per heavy atom. The van der Waals surface area contributed by atoms with Crippen LogP contribution in [-0.4, -0.2) is 15.0 Å². The van der Waals surface area contributed by atoms with Gasteiger partial charge in [0.15, 0.2) is 17.5 Å². The van der Waals surface area contributed by atoms with Gasteiger partial charge in [-0.1, -0.05) is 194 Å². The molecule has 0 aliphatic heterocycles. The Morgan fingerprint density at radius 2 is 0.750 bits per heavy atom. The smallest absolute Gasteiger partial charge is 0.164 e. The van der Waals surface area contributed by atoms with Crippen molar-refractivity contribution in [2.24, 2.45) is 0 Å². The largest absolute Gasteiger partial charge is 0.208 e. The summed E-state index contributed by atoms with van der Waals surface area (Å²) < 4.78 is 2.58. The standard InChI is InChI=1S/C60H37N3S/c1-3-14-39(15-4-1)57-61-58(45-27-23-38-13-7-8-16-40(38)34-45)63-59(62-57)46-28-26-41-33-42(24-25-43(41)35-46)44-29-31-51-52-32-30-48(37-56(52)64-55(51)36-44)60(47-17-5-2-6-18-47)53-21-11-9-19-49(53)50-20-10-12-22-54(50)60/h1-37H. The Balaban J connectivity index is 0.875. The van der Waals surface area contributed by atoms with E-state index in [0.717, 1.165) is 32.8 Å². The molecule has 0 fully saturated rings. The van der Waals surface area contributed by atoms with Crippen LogP contribution in [0.25, 0.3) is 98.1 Å². The average Bonchev–Trinajstić information content (AvgIpc) is 3.89. The number of aromatic nitrogens is 3. The zero-order valence-electron chi connectivity index (χ0n) is 34.6. The fraction of sp³-hybridized carbons (Fsp3) is 0.0167. The van der Waals surface area contributed by atoms with E-state index < -0.39 is 5.41 Å². The summed E-state index contributed by atoms with van der Waals surface area (Å²) in [5.74, 6) is 1.96. The van der Waals surface area contributed by atoms with Crippen LogP contribution in [-0.2, 0) is 5.41 Å². The van der Waals surface area contributed by atoms with Gasteiger partial charge in [0.05, 0.1) is 5.41 Å². The van der Waals surface area contributed by atoms with Crippen molar-refractivity contribution >= 4 is 53.1 Å². The Labute approximate surface area is 374 Å². The quantitative estimate of drug-likeness (QED) is 0.168. The summed E-state index contributed by atoms with van der Waals surface area (Å²) in [6, 6.07) is 81.3. The van der Waals surface area contributed by atoms with Gasteiger partial charge in [0.1, 0.15) is 0 Å². The molecule has 2 heterocycles. The van der Waals surface area contributed by atoms with Crippen LogP contribution in [0.4, 0.5) is 0 Å². The van der Waals surface area contributed by atoms with Gasteiger partial charge in [0.2, 0.25) is 0 Å². The minimum absolute atomic E-state index is 0.415. The summed E-state index contributed by atoms with van der Waals surface area (Å²) in [4.78, 5) is 15.1. The van der Waals surface area contributed by atoms with Gasteiger partial charge in [-0.3, -0.25) is 0 Å². The summed E-state index contributed by atoms with van der Waals surface area (Å²) in [5.41, 5.74) is 12.7. The molecule has 13 rings (SSSR count). The molecule has 12 aromatic rings. The van der Waals surface area contributed by atoms with E-state index in [1.807, 2.05) is 29.5 Å². The highest BCUT2D eigenvalue weighted by atomic mass is 32.1. The van der Waals surface area contributed by atoms with Crippen molar-refractivity contribution in [1.29, 1.82) is 0 Å². The third-order valence-electron chi connectivity index (χ3n) is 13.2. The molecule has 4 heteroatoms. The van der Waals surface area contributed by atoms with Crippen LogP contribution in [0.3, 0.4) is 0 Å². The number of hydrogen-bond donors (Lipinski definition) is 0. The molecule has 2 aromatic heterocycles. The molecule has 0 spiro atoms. The van der Waals surface area contributed by atoms with Crippen molar-refractivity contribution in [1.82, 2.24) is 15.0 Å². The average molecular weight is 832 g/mol. The van der Waals surface area contributed by atoms with Crippen molar-refractivity contribution in [2.75, 3.05) is 0 Å². The maximum atomic E-state index is 5.07. The fourth-order valence-electron chi connectivity index (χ4n) is 10.1. The second-order valence-electron chi connectivity index (χ2n) is 16.7. The molecule has 0 saturated heterocycles. The predicted molar refractivity (Wildman–Crippen MR) is 267 cm³/mol. The van der Waals surface area contributed by atoms with Crippen LogP contribution in [0.2, 0.25) is 0 Å². The molecule has 64 heavy (non-hydrogen) atoms. The monoisotopic (exact) mass is 831 g/mol. The summed E-state index contributed by atoms with van der Waals surface area (Å²) in [5, 5.41) is 7.22. The van der Waals surface area contributed by atoms with Gasteiger partial charge in [0, 0.05) is 36.9 Å². The number of fused-ring (bicyclic) bond motifs is 8. The predicted octanol–water partition coefficient (Wildman–Crippen LogP) is 15.6. The Bertz CT molecular complexity index is 3750. The minimum atomic E-state index is -0.415. The first kappa shape index (κ1) is 36.6. The Morgan fingerprint density at radius 1 is 0.297 bits per heavy atom. The highest BCUT2D eigenvalue weighted by Gasteiger charge is 2.46. The van der Waals surface area contributed by atoms with E-state index in [1.165, 1.54) is 70.1 Å². The van der Waals surface area contributed by atoms with Gasteiger partial charge in [0.25, 0.3) is 0 Å². The minimum Gasteiger partial charge on any atom is -0.208 e. The second kappa shape index (κ2) is 14.5. The van der Waals surface area contributed by atoms with Gasteiger partial charge in [-0.25, -0.2) is 15.0 Å². The molecule has 0 N–H and O–H groups in total. The lowest BCUT2D eigenvalue weighted by Crippen LogP contribution is -2.28. The molecule has 298 valence electrons. The lowest BCUT2D eigenvalue weighted by molar-refractivity contribution is 0.770. The highest BCUT2D eigenvalue weighted by Crippen LogP contribution is 2.56. The summed E-state index contributed by atoms with van der Waals surface area (Å²) in [6.07, 6.45) is 0. The molecule has 0 amide bonds. The highest BCUT2D eigenvalue weighted by molar-refractivity contribution is 7.25. The summed E-state index contributed by atoms with van der Waals surface area (Å²) >= 11 is 1.88. The SMILES string of the molecule is c1ccc(-c2nc(-c3ccc4ccccc4c3)nc(-c3ccc4cc(-c5ccc6c(c5)sc5cc(C7(c8ccccc8)c8ccccc8-c8ccccc87)ccc56)ccc4c3)n2)cc1. The van der Waals surface area contributed by atoms with Crippen molar-refractivity contribution in [3.63, 3.8) is 0 Å². The van der Waals surface area contributed by atoms with E-state index in [1.54, 1.807) is 0 Å². The van der Waals surface area contributed by atoms with E-state index in [2.05, 4.69) is 206 Å². The van der Waals surface area contributed by atoms with Crippen molar-refractivity contribution in [2.45, 2.75) is 5.41 Å². The normalized spacial score (nSPS) is 12.8. The molecule has 10 aromatic carbocycles. The topological polar surface area (TPSA) is 38.7 Å². The van der Waals surface area contributed by atoms with Crippen LogP contribution < -0.4 is 0 Å². The zero-order chi connectivity index (χ0) is 42.2. The maximum Gasteiger partial charge on any atom is 0.164 e. The number of benzene rings is 10. The van der Waals surface area contributed by atoms with Crippen LogP contribution in [0.1, 0.15) is 22.3 Å². The van der Waals surface area contributed by atoms with E-state index in [-0.39, 0.29) is 0 Å². The summed E-state index contributed by atoms with van der Waals surface area (Å²) in [7, 11) is 0. The second-order valence-corrected chi connectivity index (χ2v) is 17.8. The molecular weight excluding hydrogens is 795 g/mol. The van der Waals surface area contributed by atoms with Gasteiger partial charge < -0.3 is 0 Å². The molecule has 1 aliphatic rings. The first-order valence-electron chi connectivity index (χ1n) is 21.7. The number of rotatable bonds is 6. The lowest BCUT2D eigenvalue weighted by atomic mass is 9.67. The number of hydrogen-bond acceptors (Lipinski definition) is 4. The summed E-state index contributed by atoms with van der Waals surface area (Å²) in [6.45, 7) is 0.